The molecule has 1 fully saturated rings. The van der Waals surface area contributed by atoms with Crippen molar-refractivity contribution in [1.82, 2.24) is 18.8 Å². The van der Waals surface area contributed by atoms with Crippen molar-refractivity contribution in [2.45, 2.75) is 54.0 Å². The molecule has 1 saturated heterocycles. The van der Waals surface area contributed by atoms with E-state index in [1.165, 1.54) is 21.5 Å². The monoisotopic (exact) mass is 746 g/mol. The first kappa shape index (κ1) is 31.4. The Labute approximate surface area is 267 Å². The zero-order chi connectivity index (χ0) is 30.5. The summed E-state index contributed by atoms with van der Waals surface area (Å²) in [4.78, 5) is 24.4. The van der Waals surface area contributed by atoms with Crippen LogP contribution in [0.5, 0.6) is 0 Å². The number of hydrogen-bond acceptors (Lipinski definition) is 9. The maximum atomic E-state index is 14.0. The van der Waals surface area contributed by atoms with Crippen LogP contribution in [0.3, 0.4) is 0 Å². The molecule has 0 bridgehead atoms. The van der Waals surface area contributed by atoms with E-state index in [4.69, 9.17) is 30.8 Å². The van der Waals surface area contributed by atoms with Crippen LogP contribution in [0, 0.1) is 0 Å². The average Bonchev–Trinajstić information content (AvgIpc) is 3.67. The number of carbonyl (C=O) groups excluding carboxylic acids is 1. The third-order valence-corrected chi connectivity index (χ3v) is 13.1. The number of fused-ring (bicyclic) bond motifs is 1. The average molecular weight is 747 g/mol. The second-order valence-corrected chi connectivity index (χ2v) is 16.4. The Morgan fingerprint density at radius 1 is 1.29 bits per heavy atom. The largest absolute Gasteiger partial charge is 0.444 e. The molecule has 4 heterocycles. The predicted octanol–water partition coefficient (Wildman–Crippen LogP) is 6.05. The van der Waals surface area contributed by atoms with Gasteiger partial charge in [-0.05, 0) is 52.0 Å². The molecule has 0 saturated carbocycles. The fourth-order valence-corrected chi connectivity index (χ4v) is 9.51. The second kappa shape index (κ2) is 11.5. The molecule has 1 amide bonds. The van der Waals surface area contributed by atoms with E-state index in [1.807, 2.05) is 26.8 Å². The van der Waals surface area contributed by atoms with Gasteiger partial charge in [0.05, 0.1) is 15.3 Å². The third-order valence-electron chi connectivity index (χ3n) is 7.26. The van der Waals surface area contributed by atoms with Gasteiger partial charge in [-0.1, -0.05) is 40.3 Å². The predicted molar refractivity (Wildman–Crippen MR) is 172 cm³/mol. The van der Waals surface area contributed by atoms with E-state index in [-0.39, 0.29) is 17.3 Å². The minimum atomic E-state index is -3.94. The van der Waals surface area contributed by atoms with Gasteiger partial charge < -0.3 is 19.1 Å². The molecule has 42 heavy (non-hydrogen) atoms. The lowest BCUT2D eigenvalue weighted by Gasteiger charge is -2.32. The number of rotatable bonds is 7. The van der Waals surface area contributed by atoms with E-state index >= 15 is 0 Å². The van der Waals surface area contributed by atoms with Crippen molar-refractivity contribution in [2.75, 3.05) is 27.0 Å². The van der Waals surface area contributed by atoms with Gasteiger partial charge in [-0.3, -0.25) is 0 Å². The van der Waals surface area contributed by atoms with Crippen LogP contribution in [-0.4, -0.2) is 74.6 Å². The van der Waals surface area contributed by atoms with Gasteiger partial charge in [0.15, 0.2) is 5.65 Å². The van der Waals surface area contributed by atoms with Crippen molar-refractivity contribution in [3.63, 3.8) is 0 Å². The molecule has 0 N–H and O–H groups in total. The van der Waals surface area contributed by atoms with Gasteiger partial charge in [-0.2, -0.15) is 0 Å². The standard InChI is InChI=1S/C28H32ClIN4O6S2/c1-26(2,3)40-25(35)33-13-10-28(16-33,39-17-38-5)24-32-15-21(41-24)19-8-11-31-23-20(19)9-12-34(23)42(36,37)27(4)14-18(29)6-7-22(27)30/h6-9,11-12,14-15,22H,10,13,16-17H2,1-5H3. The van der Waals surface area contributed by atoms with Gasteiger partial charge in [0.25, 0.3) is 10.0 Å². The molecule has 3 aromatic rings. The molecule has 5 rings (SSSR count). The Bertz CT molecular complexity index is 1680. The maximum absolute atomic E-state index is 14.0. The van der Waals surface area contributed by atoms with Crippen molar-refractivity contribution in [2.24, 2.45) is 0 Å². The van der Waals surface area contributed by atoms with Gasteiger partial charge in [-0.25, -0.2) is 27.2 Å². The molecule has 14 heteroatoms. The quantitative estimate of drug-likeness (QED) is 0.163. The number of alkyl halides is 1. The molecule has 0 spiro atoms. The number of hydrogen-bond donors (Lipinski definition) is 0. The van der Waals surface area contributed by atoms with Gasteiger partial charge in [0.1, 0.15) is 27.7 Å². The van der Waals surface area contributed by atoms with Gasteiger partial charge in [-0.15, -0.1) is 11.3 Å². The number of methoxy groups -OCH3 is 1. The van der Waals surface area contributed by atoms with Crippen LogP contribution < -0.4 is 0 Å². The van der Waals surface area contributed by atoms with E-state index in [0.29, 0.717) is 34.0 Å². The number of aromatic nitrogens is 3. The van der Waals surface area contributed by atoms with Crippen LogP contribution in [-0.2, 0) is 29.8 Å². The van der Waals surface area contributed by atoms with Crippen LogP contribution in [0.4, 0.5) is 4.79 Å². The Kier molecular flexibility index (Phi) is 8.57. The summed E-state index contributed by atoms with van der Waals surface area (Å²) < 4.78 is 44.6. The summed E-state index contributed by atoms with van der Waals surface area (Å²) in [7, 11) is -2.40. The molecule has 0 aromatic carbocycles. The Balaban J connectivity index is 1.50. The summed E-state index contributed by atoms with van der Waals surface area (Å²) >= 11 is 9.78. The first-order chi connectivity index (χ1) is 19.7. The summed E-state index contributed by atoms with van der Waals surface area (Å²) in [5.74, 6) is 0. The van der Waals surface area contributed by atoms with E-state index < -0.39 is 32.1 Å². The molecule has 1 aliphatic heterocycles. The number of halogens is 2. The highest BCUT2D eigenvalue weighted by Crippen LogP contribution is 2.43. The zero-order valence-electron chi connectivity index (χ0n) is 23.8. The summed E-state index contributed by atoms with van der Waals surface area (Å²) in [5.41, 5.74) is -0.392. The Morgan fingerprint density at radius 2 is 2.05 bits per heavy atom. The van der Waals surface area contributed by atoms with Crippen LogP contribution in [0.15, 0.2) is 54.0 Å². The lowest BCUT2D eigenvalue weighted by Crippen LogP contribution is -2.45. The number of allylic oxidation sites excluding steroid dienone is 3. The minimum Gasteiger partial charge on any atom is -0.444 e. The highest BCUT2D eigenvalue weighted by molar-refractivity contribution is 14.1. The fraction of sp³-hybridized carbons (Fsp3) is 0.464. The smallest absolute Gasteiger partial charge is 0.410 e. The zero-order valence-corrected chi connectivity index (χ0v) is 28.4. The minimum absolute atomic E-state index is 0.0293. The van der Waals surface area contributed by atoms with Crippen molar-refractivity contribution in [3.05, 3.63) is 59.0 Å². The van der Waals surface area contributed by atoms with Crippen molar-refractivity contribution < 1.29 is 27.4 Å². The molecule has 3 aromatic heterocycles. The Morgan fingerprint density at radius 3 is 2.76 bits per heavy atom. The molecule has 226 valence electrons. The summed E-state index contributed by atoms with van der Waals surface area (Å²) in [6.45, 7) is 7.89. The summed E-state index contributed by atoms with van der Waals surface area (Å²) in [6.07, 6.45) is 10.1. The third kappa shape index (κ3) is 5.63. The lowest BCUT2D eigenvalue weighted by molar-refractivity contribution is -0.129. The van der Waals surface area contributed by atoms with E-state index in [1.54, 1.807) is 55.6 Å². The van der Waals surface area contributed by atoms with Gasteiger partial charge >= 0.3 is 6.09 Å². The molecule has 1 aliphatic carbocycles. The van der Waals surface area contributed by atoms with Crippen LogP contribution >= 0.6 is 45.5 Å². The maximum Gasteiger partial charge on any atom is 0.410 e. The van der Waals surface area contributed by atoms with Crippen molar-refractivity contribution in [3.8, 4) is 10.4 Å². The molecule has 0 radical (unpaired) electrons. The SMILES string of the molecule is COCOC1(c2ncc(-c3ccnc4c3ccn4S(=O)(=O)C3(C)C=C(Cl)C=CC3I)s2)CCN(C(=O)OC(C)(C)C)C1. The van der Waals surface area contributed by atoms with Crippen LogP contribution in [0.25, 0.3) is 21.5 Å². The number of pyridine rings is 1. The molecule has 3 unspecified atom stereocenters. The van der Waals surface area contributed by atoms with Crippen molar-refractivity contribution in [1.29, 1.82) is 0 Å². The number of thiazole rings is 1. The number of ether oxygens (including phenoxy) is 3. The first-order valence-corrected chi connectivity index (χ1v) is 17.1. The number of amides is 1. The highest BCUT2D eigenvalue weighted by atomic mass is 127. The molecule has 10 nitrogen and oxygen atoms in total. The van der Waals surface area contributed by atoms with Gasteiger partial charge in [0, 0.05) is 54.6 Å². The van der Waals surface area contributed by atoms with Crippen LogP contribution in [0.1, 0.15) is 39.1 Å². The lowest BCUT2D eigenvalue weighted by atomic mass is 10.0. The molecular formula is C28H32ClIN4O6S2. The number of nitrogens with zero attached hydrogens (tertiary/aromatic N) is 4. The molecule has 3 atom stereocenters. The second-order valence-electron chi connectivity index (χ2n) is 11.4. The molecule has 2 aliphatic rings. The van der Waals surface area contributed by atoms with E-state index in [0.717, 1.165) is 10.4 Å². The topological polar surface area (TPSA) is 113 Å². The summed E-state index contributed by atoms with van der Waals surface area (Å²) in [5, 5.41) is 1.73. The molecular weight excluding hydrogens is 715 g/mol. The summed E-state index contributed by atoms with van der Waals surface area (Å²) in [6, 6.07) is 3.59. The fourth-order valence-electron chi connectivity index (χ4n) is 5.02. The highest BCUT2D eigenvalue weighted by Gasteiger charge is 2.47. The normalized spacial score (nSPS) is 24.8. The van der Waals surface area contributed by atoms with Gasteiger partial charge in [0.2, 0.25) is 0 Å². The number of likely N-dealkylation sites (tertiary alicyclic amines) is 1. The Hall–Kier alpha value is -2.04. The first-order valence-electron chi connectivity index (χ1n) is 13.2. The number of carbonyl (C=O) groups is 1. The van der Waals surface area contributed by atoms with E-state index in [9.17, 15) is 13.2 Å². The van der Waals surface area contributed by atoms with Crippen molar-refractivity contribution >= 4 is 72.7 Å². The van der Waals surface area contributed by atoms with E-state index in [2.05, 4.69) is 27.6 Å². The van der Waals surface area contributed by atoms with Crippen LogP contribution in [0.2, 0.25) is 0 Å².